The number of hydrogen-bond acceptors (Lipinski definition) is 6. The van der Waals surface area contributed by atoms with Gasteiger partial charge in [0.25, 0.3) is 11.8 Å². The standard InChI is InChI=1S/C22H24N2O5.ClH/c1-15(25)29-14-16-13-17(23)9-10-20(16)28-12-6-2-5-11-24-21(26)18-7-3-4-8-19(18)22(24)27;/h3-4,7-10,13H,2,5-6,11-12,14,23H2,1H3;1H. The van der Waals surface area contributed by atoms with Crippen molar-refractivity contribution < 1.29 is 23.9 Å². The summed E-state index contributed by atoms with van der Waals surface area (Å²) in [6.07, 6.45) is 2.28. The number of unbranched alkanes of at least 4 members (excludes halogenated alkanes) is 2. The molecule has 2 aromatic carbocycles. The number of benzene rings is 2. The molecule has 0 atom stereocenters. The first-order valence-electron chi connectivity index (χ1n) is 9.57. The van der Waals surface area contributed by atoms with E-state index in [0.717, 1.165) is 12.8 Å². The van der Waals surface area contributed by atoms with Crippen molar-refractivity contribution in [3.63, 3.8) is 0 Å². The highest BCUT2D eigenvalue weighted by atomic mass is 35.5. The van der Waals surface area contributed by atoms with E-state index in [4.69, 9.17) is 15.2 Å². The van der Waals surface area contributed by atoms with Crippen molar-refractivity contribution in [2.24, 2.45) is 0 Å². The third kappa shape index (κ3) is 5.51. The molecule has 0 fully saturated rings. The summed E-state index contributed by atoms with van der Waals surface area (Å²) >= 11 is 0. The molecule has 2 amide bonds. The van der Waals surface area contributed by atoms with Crippen LogP contribution in [-0.2, 0) is 16.1 Å². The Kier molecular flexibility index (Phi) is 8.24. The van der Waals surface area contributed by atoms with Gasteiger partial charge < -0.3 is 15.2 Å². The Morgan fingerprint density at radius 1 is 1.00 bits per heavy atom. The molecule has 160 valence electrons. The van der Waals surface area contributed by atoms with E-state index in [9.17, 15) is 14.4 Å². The number of fused-ring (bicyclic) bond motifs is 1. The molecule has 1 heterocycles. The molecule has 0 spiro atoms. The lowest BCUT2D eigenvalue weighted by atomic mass is 10.1. The van der Waals surface area contributed by atoms with Gasteiger partial charge in [-0.3, -0.25) is 19.3 Å². The maximum absolute atomic E-state index is 12.3. The predicted molar refractivity (Wildman–Crippen MR) is 115 cm³/mol. The van der Waals surface area contributed by atoms with Gasteiger partial charge in [-0.2, -0.15) is 0 Å². The minimum absolute atomic E-state index is 0. The van der Waals surface area contributed by atoms with Crippen LogP contribution in [-0.4, -0.2) is 35.8 Å². The molecule has 0 aromatic heterocycles. The molecule has 0 bridgehead atoms. The Hall–Kier alpha value is -3.06. The third-order valence-corrected chi connectivity index (χ3v) is 4.68. The van der Waals surface area contributed by atoms with E-state index in [-0.39, 0.29) is 36.8 Å². The van der Waals surface area contributed by atoms with Crippen molar-refractivity contribution >= 4 is 35.9 Å². The zero-order valence-electron chi connectivity index (χ0n) is 16.8. The SMILES string of the molecule is CC(=O)OCc1cc(N)ccc1OCCCCCN1C(=O)c2ccccc2C1=O.Cl. The minimum atomic E-state index is -0.369. The summed E-state index contributed by atoms with van der Waals surface area (Å²) in [6.45, 7) is 2.32. The fraction of sp³-hybridized carbons (Fsp3) is 0.318. The molecule has 8 heteroatoms. The maximum Gasteiger partial charge on any atom is 0.302 e. The zero-order chi connectivity index (χ0) is 20.8. The second-order valence-corrected chi connectivity index (χ2v) is 6.86. The van der Waals surface area contributed by atoms with Gasteiger partial charge in [0.2, 0.25) is 0 Å². The Morgan fingerprint density at radius 2 is 1.67 bits per heavy atom. The average molecular weight is 433 g/mol. The summed E-state index contributed by atoms with van der Waals surface area (Å²) < 4.78 is 10.8. The number of nitrogens with zero attached hydrogens (tertiary/aromatic N) is 1. The van der Waals surface area contributed by atoms with Gasteiger partial charge in [0, 0.05) is 24.7 Å². The lowest BCUT2D eigenvalue weighted by Crippen LogP contribution is -2.30. The van der Waals surface area contributed by atoms with Crippen molar-refractivity contribution in [3.05, 3.63) is 59.2 Å². The van der Waals surface area contributed by atoms with E-state index in [1.165, 1.54) is 11.8 Å². The van der Waals surface area contributed by atoms with E-state index < -0.39 is 0 Å². The first-order valence-corrected chi connectivity index (χ1v) is 9.57. The first kappa shape index (κ1) is 23.2. The number of halogens is 1. The largest absolute Gasteiger partial charge is 0.493 e. The highest BCUT2D eigenvalue weighted by Gasteiger charge is 2.34. The molecule has 30 heavy (non-hydrogen) atoms. The van der Waals surface area contributed by atoms with E-state index in [1.54, 1.807) is 42.5 Å². The molecule has 0 aliphatic carbocycles. The molecule has 0 saturated carbocycles. The van der Waals surface area contributed by atoms with Crippen LogP contribution in [0.5, 0.6) is 5.75 Å². The van der Waals surface area contributed by atoms with Gasteiger partial charge in [-0.25, -0.2) is 0 Å². The van der Waals surface area contributed by atoms with E-state index in [1.807, 2.05) is 0 Å². The highest BCUT2D eigenvalue weighted by molar-refractivity contribution is 6.21. The monoisotopic (exact) mass is 432 g/mol. The predicted octanol–water partition coefficient (Wildman–Crippen LogP) is 3.60. The van der Waals surface area contributed by atoms with Crippen LogP contribution in [0.2, 0.25) is 0 Å². The molecule has 7 nitrogen and oxygen atoms in total. The Balaban J connectivity index is 0.00000320. The van der Waals surface area contributed by atoms with Gasteiger partial charge in [0.05, 0.1) is 17.7 Å². The number of carbonyl (C=O) groups excluding carboxylic acids is 3. The average Bonchev–Trinajstić information content (AvgIpc) is 2.95. The van der Waals surface area contributed by atoms with Crippen molar-refractivity contribution in [2.75, 3.05) is 18.9 Å². The highest BCUT2D eigenvalue weighted by Crippen LogP contribution is 2.24. The van der Waals surface area contributed by atoms with Gasteiger partial charge in [-0.05, 0) is 49.6 Å². The third-order valence-electron chi connectivity index (χ3n) is 4.68. The lowest BCUT2D eigenvalue weighted by molar-refractivity contribution is -0.142. The maximum atomic E-state index is 12.3. The van der Waals surface area contributed by atoms with Gasteiger partial charge >= 0.3 is 5.97 Å². The van der Waals surface area contributed by atoms with Crippen LogP contribution in [0.25, 0.3) is 0 Å². The number of ether oxygens (including phenoxy) is 2. The van der Waals surface area contributed by atoms with Crippen molar-refractivity contribution in [2.45, 2.75) is 32.8 Å². The van der Waals surface area contributed by atoms with Crippen LogP contribution >= 0.6 is 12.4 Å². The number of hydrogen-bond donors (Lipinski definition) is 1. The van der Waals surface area contributed by atoms with Crippen LogP contribution in [0.3, 0.4) is 0 Å². The summed E-state index contributed by atoms with van der Waals surface area (Å²) in [5, 5.41) is 0. The molecule has 0 saturated heterocycles. The molecule has 1 aliphatic rings. The molecule has 2 N–H and O–H groups in total. The minimum Gasteiger partial charge on any atom is -0.493 e. The smallest absolute Gasteiger partial charge is 0.302 e. The number of anilines is 1. The quantitative estimate of drug-likeness (QED) is 0.281. The van der Waals surface area contributed by atoms with Crippen LogP contribution < -0.4 is 10.5 Å². The van der Waals surface area contributed by atoms with Crippen molar-refractivity contribution in [3.8, 4) is 5.75 Å². The number of imide groups is 1. The first-order chi connectivity index (χ1) is 14.0. The van der Waals surface area contributed by atoms with E-state index >= 15 is 0 Å². The molecule has 0 unspecified atom stereocenters. The number of nitrogen functional groups attached to an aromatic ring is 1. The second-order valence-electron chi connectivity index (χ2n) is 6.86. The van der Waals surface area contributed by atoms with E-state index in [2.05, 4.69) is 0 Å². The molecule has 1 aliphatic heterocycles. The fourth-order valence-corrected chi connectivity index (χ4v) is 3.21. The summed E-state index contributed by atoms with van der Waals surface area (Å²) in [7, 11) is 0. The van der Waals surface area contributed by atoms with Crippen molar-refractivity contribution in [1.82, 2.24) is 4.90 Å². The molecule has 3 rings (SSSR count). The number of esters is 1. The molecule has 2 aromatic rings. The molecular formula is C22H25ClN2O5. The number of nitrogens with two attached hydrogens (primary N) is 1. The normalized spacial score (nSPS) is 12.4. The fourth-order valence-electron chi connectivity index (χ4n) is 3.21. The lowest BCUT2D eigenvalue weighted by Gasteiger charge is -2.14. The van der Waals surface area contributed by atoms with Crippen LogP contribution in [0.1, 0.15) is 52.5 Å². The summed E-state index contributed by atoms with van der Waals surface area (Å²) in [5.74, 6) is -0.190. The van der Waals surface area contributed by atoms with Gasteiger partial charge in [0.15, 0.2) is 0 Å². The zero-order valence-corrected chi connectivity index (χ0v) is 17.6. The molecule has 0 radical (unpaired) electrons. The van der Waals surface area contributed by atoms with Gasteiger partial charge in [0.1, 0.15) is 12.4 Å². The summed E-state index contributed by atoms with van der Waals surface area (Å²) in [4.78, 5) is 37.0. The van der Waals surface area contributed by atoms with E-state index in [0.29, 0.717) is 47.7 Å². The number of amides is 2. The molecular weight excluding hydrogens is 408 g/mol. The van der Waals surface area contributed by atoms with Gasteiger partial charge in [-0.15, -0.1) is 12.4 Å². The Bertz CT molecular complexity index is 896. The van der Waals surface area contributed by atoms with Crippen LogP contribution in [0.15, 0.2) is 42.5 Å². The van der Waals surface area contributed by atoms with Crippen LogP contribution in [0, 0.1) is 0 Å². The number of rotatable bonds is 9. The summed E-state index contributed by atoms with van der Waals surface area (Å²) in [6, 6.07) is 12.1. The van der Waals surface area contributed by atoms with Crippen LogP contribution in [0.4, 0.5) is 5.69 Å². The number of carbonyl (C=O) groups is 3. The van der Waals surface area contributed by atoms with Crippen molar-refractivity contribution in [1.29, 1.82) is 0 Å². The summed E-state index contributed by atoms with van der Waals surface area (Å²) in [5.41, 5.74) is 8.02. The Labute approximate surface area is 181 Å². The Morgan fingerprint density at radius 3 is 2.30 bits per heavy atom. The second kappa shape index (κ2) is 10.6. The van der Waals surface area contributed by atoms with Gasteiger partial charge in [-0.1, -0.05) is 12.1 Å². The topological polar surface area (TPSA) is 98.9 Å².